The maximum absolute atomic E-state index is 11.9. The van der Waals surface area contributed by atoms with Gasteiger partial charge in [0.1, 0.15) is 0 Å². The van der Waals surface area contributed by atoms with Crippen molar-refractivity contribution in [2.45, 2.75) is 58.4 Å². The number of amides is 1. The SMILES string of the molecule is CC1(C)CCC(NC(=O)CC2CCNC2)CC1. The van der Waals surface area contributed by atoms with Crippen molar-refractivity contribution in [3.63, 3.8) is 0 Å². The van der Waals surface area contributed by atoms with Crippen LogP contribution in [0.15, 0.2) is 0 Å². The van der Waals surface area contributed by atoms with E-state index in [1.54, 1.807) is 0 Å². The lowest BCUT2D eigenvalue weighted by molar-refractivity contribution is -0.123. The zero-order valence-electron chi connectivity index (χ0n) is 11.2. The summed E-state index contributed by atoms with van der Waals surface area (Å²) in [6.45, 7) is 6.76. The third kappa shape index (κ3) is 3.98. The van der Waals surface area contributed by atoms with Crippen molar-refractivity contribution < 1.29 is 4.79 Å². The highest BCUT2D eigenvalue weighted by Crippen LogP contribution is 2.35. The number of rotatable bonds is 3. The smallest absolute Gasteiger partial charge is 0.220 e. The molecule has 0 aromatic carbocycles. The summed E-state index contributed by atoms with van der Waals surface area (Å²) in [6, 6.07) is 0.435. The summed E-state index contributed by atoms with van der Waals surface area (Å²) < 4.78 is 0. The fourth-order valence-electron chi connectivity index (χ4n) is 2.98. The van der Waals surface area contributed by atoms with Crippen LogP contribution in [0.25, 0.3) is 0 Å². The van der Waals surface area contributed by atoms with E-state index in [2.05, 4.69) is 24.5 Å². The Morgan fingerprint density at radius 2 is 2.00 bits per heavy atom. The molecule has 1 aliphatic heterocycles. The van der Waals surface area contributed by atoms with Gasteiger partial charge in [-0.25, -0.2) is 0 Å². The summed E-state index contributed by atoms with van der Waals surface area (Å²) in [7, 11) is 0. The standard InChI is InChI=1S/C14H26N2O/c1-14(2)6-3-12(4-7-14)16-13(17)9-11-5-8-15-10-11/h11-12,15H,3-10H2,1-2H3,(H,16,17). The molecule has 0 aromatic heterocycles. The van der Waals surface area contributed by atoms with Crippen molar-refractivity contribution in [1.29, 1.82) is 0 Å². The van der Waals surface area contributed by atoms with Gasteiger partial charge in [-0.2, -0.15) is 0 Å². The van der Waals surface area contributed by atoms with Crippen LogP contribution in [0, 0.1) is 11.3 Å². The van der Waals surface area contributed by atoms with Gasteiger partial charge in [0, 0.05) is 12.5 Å². The molecule has 1 saturated carbocycles. The van der Waals surface area contributed by atoms with Gasteiger partial charge >= 0.3 is 0 Å². The summed E-state index contributed by atoms with van der Waals surface area (Å²) >= 11 is 0. The highest BCUT2D eigenvalue weighted by Gasteiger charge is 2.28. The molecule has 17 heavy (non-hydrogen) atoms. The van der Waals surface area contributed by atoms with Gasteiger partial charge in [0.2, 0.25) is 5.91 Å². The average Bonchev–Trinajstić information content (AvgIpc) is 2.74. The zero-order chi connectivity index (χ0) is 12.3. The normalized spacial score (nSPS) is 29.2. The molecule has 3 nitrogen and oxygen atoms in total. The van der Waals surface area contributed by atoms with E-state index in [1.165, 1.54) is 12.8 Å². The van der Waals surface area contributed by atoms with E-state index in [4.69, 9.17) is 0 Å². The van der Waals surface area contributed by atoms with E-state index in [9.17, 15) is 4.79 Å². The van der Waals surface area contributed by atoms with Gasteiger partial charge in [-0.3, -0.25) is 4.79 Å². The van der Waals surface area contributed by atoms with Crippen molar-refractivity contribution in [2.24, 2.45) is 11.3 Å². The summed E-state index contributed by atoms with van der Waals surface area (Å²) in [5, 5.41) is 6.53. The number of carbonyl (C=O) groups is 1. The van der Waals surface area contributed by atoms with Gasteiger partial charge in [-0.05, 0) is 56.5 Å². The Kier molecular flexibility index (Phi) is 4.08. The molecule has 2 rings (SSSR count). The van der Waals surface area contributed by atoms with Crippen molar-refractivity contribution in [2.75, 3.05) is 13.1 Å². The topological polar surface area (TPSA) is 41.1 Å². The maximum Gasteiger partial charge on any atom is 0.220 e. The summed E-state index contributed by atoms with van der Waals surface area (Å²) in [5.41, 5.74) is 0.483. The number of hydrogen-bond donors (Lipinski definition) is 2. The van der Waals surface area contributed by atoms with Crippen LogP contribution in [-0.4, -0.2) is 25.0 Å². The molecule has 0 aromatic rings. The fraction of sp³-hybridized carbons (Fsp3) is 0.929. The summed E-state index contributed by atoms with van der Waals surface area (Å²) in [6.07, 6.45) is 6.66. The van der Waals surface area contributed by atoms with Crippen molar-refractivity contribution in [3.8, 4) is 0 Å². The second-order valence-electron chi connectivity index (χ2n) is 6.57. The lowest BCUT2D eigenvalue weighted by Crippen LogP contribution is -2.40. The third-order valence-corrected chi connectivity index (χ3v) is 4.34. The molecule has 1 heterocycles. The minimum absolute atomic E-state index is 0.267. The summed E-state index contributed by atoms with van der Waals surface area (Å²) in [4.78, 5) is 11.9. The van der Waals surface area contributed by atoms with Gasteiger partial charge in [-0.15, -0.1) is 0 Å². The van der Waals surface area contributed by atoms with Gasteiger partial charge in [0.05, 0.1) is 0 Å². The highest BCUT2D eigenvalue weighted by atomic mass is 16.1. The maximum atomic E-state index is 11.9. The molecule has 2 aliphatic rings. The lowest BCUT2D eigenvalue weighted by atomic mass is 9.75. The Bertz CT molecular complexity index is 259. The molecular weight excluding hydrogens is 212 g/mol. The van der Waals surface area contributed by atoms with Crippen LogP contribution in [0.5, 0.6) is 0 Å². The summed E-state index contributed by atoms with van der Waals surface area (Å²) in [5.74, 6) is 0.832. The minimum Gasteiger partial charge on any atom is -0.353 e. The van der Waals surface area contributed by atoms with Crippen molar-refractivity contribution in [1.82, 2.24) is 10.6 Å². The third-order valence-electron chi connectivity index (χ3n) is 4.34. The molecule has 0 bridgehead atoms. The van der Waals surface area contributed by atoms with Crippen LogP contribution in [-0.2, 0) is 4.79 Å². The Morgan fingerprint density at radius 1 is 1.29 bits per heavy atom. The first kappa shape index (κ1) is 12.9. The van der Waals surface area contributed by atoms with Gasteiger partial charge in [-0.1, -0.05) is 13.8 Å². The second kappa shape index (κ2) is 5.38. The van der Waals surface area contributed by atoms with Gasteiger partial charge < -0.3 is 10.6 Å². The monoisotopic (exact) mass is 238 g/mol. The van der Waals surface area contributed by atoms with E-state index in [1.807, 2.05) is 0 Å². The molecule has 98 valence electrons. The van der Waals surface area contributed by atoms with E-state index in [0.29, 0.717) is 23.8 Å². The second-order valence-corrected chi connectivity index (χ2v) is 6.57. The van der Waals surface area contributed by atoms with E-state index in [0.717, 1.165) is 32.4 Å². The van der Waals surface area contributed by atoms with Crippen LogP contribution >= 0.6 is 0 Å². The molecule has 1 unspecified atom stereocenters. The molecule has 2 fully saturated rings. The zero-order valence-corrected chi connectivity index (χ0v) is 11.2. The predicted octanol–water partition coefficient (Wildman–Crippen LogP) is 2.07. The molecule has 2 N–H and O–H groups in total. The highest BCUT2D eigenvalue weighted by molar-refractivity contribution is 5.76. The molecule has 1 amide bonds. The minimum atomic E-state index is 0.267. The molecule has 1 aliphatic carbocycles. The van der Waals surface area contributed by atoms with Crippen molar-refractivity contribution in [3.05, 3.63) is 0 Å². The van der Waals surface area contributed by atoms with Crippen LogP contribution in [0.1, 0.15) is 52.4 Å². The largest absolute Gasteiger partial charge is 0.353 e. The van der Waals surface area contributed by atoms with Crippen LogP contribution in [0.4, 0.5) is 0 Å². The predicted molar refractivity (Wildman–Crippen MR) is 69.8 cm³/mol. The Hall–Kier alpha value is -0.570. The molecule has 0 radical (unpaired) electrons. The number of hydrogen-bond acceptors (Lipinski definition) is 2. The van der Waals surface area contributed by atoms with E-state index < -0.39 is 0 Å². The van der Waals surface area contributed by atoms with Gasteiger partial charge in [0.25, 0.3) is 0 Å². The first-order valence-electron chi connectivity index (χ1n) is 7.05. The first-order chi connectivity index (χ1) is 8.05. The Balaban J connectivity index is 1.68. The van der Waals surface area contributed by atoms with Crippen LogP contribution < -0.4 is 10.6 Å². The molecule has 3 heteroatoms. The Labute approximate surface area is 105 Å². The molecule has 1 saturated heterocycles. The van der Waals surface area contributed by atoms with Crippen molar-refractivity contribution >= 4 is 5.91 Å². The molecular formula is C14H26N2O. The lowest BCUT2D eigenvalue weighted by Gasteiger charge is -2.34. The quantitative estimate of drug-likeness (QED) is 0.790. The van der Waals surface area contributed by atoms with E-state index >= 15 is 0 Å². The average molecular weight is 238 g/mol. The Morgan fingerprint density at radius 3 is 2.59 bits per heavy atom. The number of nitrogens with one attached hydrogen (secondary N) is 2. The first-order valence-corrected chi connectivity index (χ1v) is 7.05. The molecule has 0 spiro atoms. The van der Waals surface area contributed by atoms with Crippen LogP contribution in [0.2, 0.25) is 0 Å². The van der Waals surface area contributed by atoms with Crippen LogP contribution in [0.3, 0.4) is 0 Å². The van der Waals surface area contributed by atoms with Gasteiger partial charge in [0.15, 0.2) is 0 Å². The molecule has 1 atom stereocenters. The van der Waals surface area contributed by atoms with E-state index in [-0.39, 0.29) is 5.91 Å². The number of carbonyl (C=O) groups excluding carboxylic acids is 1. The fourth-order valence-corrected chi connectivity index (χ4v) is 2.98.